The number of fused-ring (bicyclic) bond motifs is 1. The van der Waals surface area contributed by atoms with E-state index < -0.39 is 41.8 Å². The molecule has 1 amide bonds. The fraction of sp³-hybridized carbons (Fsp3) is 0.667. The molecule has 0 fully saturated rings. The first-order chi connectivity index (χ1) is 12.4. The zero-order chi connectivity index (χ0) is 20.4. The number of nitrogens with zero attached hydrogens (tertiary/aromatic N) is 1. The number of ether oxygens (including phenoxy) is 2. The molecule has 27 heavy (non-hydrogen) atoms. The first-order valence-corrected chi connectivity index (χ1v) is 8.76. The number of nitrogens with one attached hydrogen (secondary N) is 1. The number of rotatable bonds is 4. The van der Waals surface area contributed by atoms with E-state index in [9.17, 15) is 18.0 Å². The van der Waals surface area contributed by atoms with Crippen molar-refractivity contribution in [2.24, 2.45) is 0 Å². The number of carbonyl (C=O) groups is 1. The molecule has 152 valence electrons. The van der Waals surface area contributed by atoms with Gasteiger partial charge in [-0.25, -0.2) is 9.78 Å². The Kier molecular flexibility index (Phi) is 6.36. The van der Waals surface area contributed by atoms with Gasteiger partial charge in [0.25, 0.3) is 0 Å². The Labute approximate surface area is 156 Å². The highest BCUT2D eigenvalue weighted by Crippen LogP contribution is 2.39. The van der Waals surface area contributed by atoms with Gasteiger partial charge in [0.1, 0.15) is 11.3 Å². The van der Waals surface area contributed by atoms with E-state index >= 15 is 0 Å². The van der Waals surface area contributed by atoms with Crippen molar-refractivity contribution in [1.29, 1.82) is 0 Å². The average molecular weight is 390 g/mol. The van der Waals surface area contributed by atoms with E-state index in [-0.39, 0.29) is 12.3 Å². The summed E-state index contributed by atoms with van der Waals surface area (Å²) in [7, 11) is 0. The third-order valence-electron chi connectivity index (χ3n) is 4.04. The number of aliphatic hydroxyl groups excluding tert-OH is 1. The number of halogens is 3. The molecule has 1 aromatic rings. The van der Waals surface area contributed by atoms with Crippen LogP contribution in [0.2, 0.25) is 0 Å². The summed E-state index contributed by atoms with van der Waals surface area (Å²) in [6.45, 7) is 6.67. The minimum absolute atomic E-state index is 0.0640. The average Bonchev–Trinajstić information content (AvgIpc) is 2.53. The highest BCUT2D eigenvalue weighted by atomic mass is 19.4. The molecule has 1 aliphatic rings. The minimum atomic E-state index is -4.57. The van der Waals surface area contributed by atoms with Crippen LogP contribution in [0.5, 0.6) is 0 Å². The maximum Gasteiger partial charge on any atom is 0.433 e. The molecule has 1 aliphatic heterocycles. The number of alkyl halides is 3. The summed E-state index contributed by atoms with van der Waals surface area (Å²) in [5, 5.41) is 11.8. The van der Waals surface area contributed by atoms with E-state index in [0.29, 0.717) is 18.4 Å². The minimum Gasteiger partial charge on any atom is -0.444 e. The van der Waals surface area contributed by atoms with Crippen LogP contribution in [0, 0.1) is 0 Å². The summed E-state index contributed by atoms with van der Waals surface area (Å²) in [6.07, 6.45) is -5.63. The maximum absolute atomic E-state index is 13.0. The lowest BCUT2D eigenvalue weighted by Gasteiger charge is -2.37. The van der Waals surface area contributed by atoms with Crippen LogP contribution in [0.1, 0.15) is 69.6 Å². The Morgan fingerprint density at radius 2 is 2.00 bits per heavy atom. The van der Waals surface area contributed by atoms with Crippen molar-refractivity contribution in [3.05, 3.63) is 29.1 Å². The predicted octanol–water partition coefficient (Wildman–Crippen LogP) is 3.90. The topological polar surface area (TPSA) is 80.7 Å². The molecule has 0 aromatic carbocycles. The first kappa shape index (κ1) is 21.4. The molecule has 2 heterocycles. The summed E-state index contributed by atoms with van der Waals surface area (Å²) >= 11 is 0. The van der Waals surface area contributed by atoms with Gasteiger partial charge in [0.05, 0.1) is 23.9 Å². The molecule has 0 radical (unpaired) electrons. The van der Waals surface area contributed by atoms with Crippen LogP contribution in [0.4, 0.5) is 18.0 Å². The van der Waals surface area contributed by atoms with E-state index in [1.807, 2.05) is 0 Å². The number of pyridine rings is 1. The van der Waals surface area contributed by atoms with Crippen molar-refractivity contribution in [1.82, 2.24) is 10.3 Å². The predicted molar refractivity (Wildman–Crippen MR) is 91.0 cm³/mol. The van der Waals surface area contributed by atoms with Gasteiger partial charge in [0.2, 0.25) is 0 Å². The molecule has 6 nitrogen and oxygen atoms in total. The summed E-state index contributed by atoms with van der Waals surface area (Å²) in [6, 6.07) is 1.48. The van der Waals surface area contributed by atoms with Gasteiger partial charge in [-0.15, -0.1) is 0 Å². The second-order valence-electron chi connectivity index (χ2n) is 7.48. The molecule has 2 N–H and O–H groups in total. The Morgan fingerprint density at radius 1 is 1.33 bits per heavy atom. The number of amides is 1. The number of hydrogen-bond donors (Lipinski definition) is 2. The zero-order valence-electron chi connectivity index (χ0n) is 15.8. The van der Waals surface area contributed by atoms with Crippen molar-refractivity contribution in [2.45, 2.75) is 70.6 Å². The Morgan fingerprint density at radius 3 is 2.56 bits per heavy atom. The van der Waals surface area contributed by atoms with Crippen LogP contribution in [-0.4, -0.2) is 34.5 Å². The SMILES string of the molecule is C[C@H]1O[C@@H](CCCO)[C@@H](NC(=O)OC(C)(C)C)c2ccc(C(F)(F)F)nc21. The number of aromatic nitrogens is 1. The van der Waals surface area contributed by atoms with Gasteiger partial charge in [-0.3, -0.25) is 0 Å². The van der Waals surface area contributed by atoms with Crippen molar-refractivity contribution in [2.75, 3.05) is 6.61 Å². The lowest BCUT2D eigenvalue weighted by molar-refractivity contribution is -0.141. The van der Waals surface area contributed by atoms with Gasteiger partial charge in [-0.2, -0.15) is 13.2 Å². The molecule has 0 unspecified atom stereocenters. The van der Waals surface area contributed by atoms with E-state index in [4.69, 9.17) is 14.6 Å². The summed E-state index contributed by atoms with van der Waals surface area (Å²) in [4.78, 5) is 15.9. The van der Waals surface area contributed by atoms with Crippen molar-refractivity contribution in [3.8, 4) is 0 Å². The molecule has 3 atom stereocenters. The van der Waals surface area contributed by atoms with Gasteiger partial charge in [-0.1, -0.05) is 6.07 Å². The summed E-state index contributed by atoms with van der Waals surface area (Å²) in [5.74, 6) is 0. The zero-order valence-corrected chi connectivity index (χ0v) is 15.8. The third kappa shape index (κ3) is 5.55. The Balaban J connectivity index is 2.37. The summed E-state index contributed by atoms with van der Waals surface area (Å²) < 4.78 is 50.1. The van der Waals surface area contributed by atoms with E-state index in [2.05, 4.69) is 10.3 Å². The van der Waals surface area contributed by atoms with Gasteiger partial charge in [0, 0.05) is 12.2 Å². The lowest BCUT2D eigenvalue weighted by Crippen LogP contribution is -2.44. The molecule has 0 spiro atoms. The standard InChI is InChI=1S/C18H25F3N2O4/c1-10-14-11(7-8-13(22-14)18(19,20)21)15(12(26-10)6-5-9-24)23-16(25)27-17(2,3)4/h7-8,10,12,15,24H,5-6,9H2,1-4H3,(H,23,25)/t10-,12+,15+/m1/s1. The first-order valence-electron chi connectivity index (χ1n) is 8.76. The smallest absolute Gasteiger partial charge is 0.433 e. The van der Waals surface area contributed by atoms with Gasteiger partial charge in [0.15, 0.2) is 0 Å². The maximum atomic E-state index is 13.0. The molecule has 0 saturated carbocycles. The molecular weight excluding hydrogens is 365 g/mol. The second kappa shape index (κ2) is 8.02. The summed E-state index contributed by atoms with van der Waals surface area (Å²) in [5.41, 5.74) is -1.16. The number of hydrogen-bond acceptors (Lipinski definition) is 5. The molecule has 9 heteroatoms. The van der Waals surface area contributed by atoms with Crippen LogP contribution in [-0.2, 0) is 15.7 Å². The quantitative estimate of drug-likeness (QED) is 0.815. The molecule has 1 aromatic heterocycles. The van der Waals surface area contributed by atoms with E-state index in [1.165, 1.54) is 6.07 Å². The monoisotopic (exact) mass is 390 g/mol. The van der Waals surface area contributed by atoms with Crippen LogP contribution in [0.25, 0.3) is 0 Å². The fourth-order valence-corrected chi connectivity index (χ4v) is 2.97. The number of alkyl carbamates (subject to hydrolysis) is 1. The van der Waals surface area contributed by atoms with E-state index in [1.54, 1.807) is 27.7 Å². The normalized spacial score (nSPS) is 22.9. The Hall–Kier alpha value is -1.87. The van der Waals surface area contributed by atoms with Crippen molar-refractivity contribution >= 4 is 6.09 Å². The number of carbonyl (C=O) groups excluding carboxylic acids is 1. The Bertz CT molecular complexity index is 674. The highest BCUT2D eigenvalue weighted by molar-refractivity contribution is 5.68. The molecule has 2 rings (SSSR count). The molecule has 0 saturated heterocycles. The number of aliphatic hydroxyl groups is 1. The van der Waals surface area contributed by atoms with Gasteiger partial charge < -0.3 is 19.9 Å². The van der Waals surface area contributed by atoms with Crippen LogP contribution < -0.4 is 5.32 Å². The van der Waals surface area contributed by atoms with Crippen LogP contribution >= 0.6 is 0 Å². The lowest BCUT2D eigenvalue weighted by atomic mass is 9.91. The molecular formula is C18H25F3N2O4. The largest absolute Gasteiger partial charge is 0.444 e. The van der Waals surface area contributed by atoms with E-state index in [0.717, 1.165) is 6.07 Å². The van der Waals surface area contributed by atoms with Crippen LogP contribution in [0.3, 0.4) is 0 Å². The van der Waals surface area contributed by atoms with Crippen molar-refractivity contribution in [3.63, 3.8) is 0 Å². The third-order valence-corrected chi connectivity index (χ3v) is 4.04. The fourth-order valence-electron chi connectivity index (χ4n) is 2.97. The highest BCUT2D eigenvalue weighted by Gasteiger charge is 2.39. The van der Waals surface area contributed by atoms with Gasteiger partial charge >= 0.3 is 12.3 Å². The van der Waals surface area contributed by atoms with Gasteiger partial charge in [-0.05, 0) is 46.6 Å². The molecule has 0 aliphatic carbocycles. The van der Waals surface area contributed by atoms with Crippen LogP contribution in [0.15, 0.2) is 12.1 Å². The van der Waals surface area contributed by atoms with Crippen molar-refractivity contribution < 1.29 is 32.5 Å². The second-order valence-corrected chi connectivity index (χ2v) is 7.48. The molecule has 0 bridgehead atoms.